The molecule has 0 aliphatic carbocycles. The third kappa shape index (κ3) is 4.30. The summed E-state index contributed by atoms with van der Waals surface area (Å²) in [5, 5.41) is 13.6. The normalized spacial score (nSPS) is 14.1. The lowest BCUT2D eigenvalue weighted by molar-refractivity contribution is -0.152. The topological polar surface area (TPSA) is 99.5 Å². The second-order valence-electron chi connectivity index (χ2n) is 5.63. The monoisotopic (exact) mass is 401 g/mol. The van der Waals surface area contributed by atoms with E-state index in [1.165, 1.54) is 34.9 Å². The van der Waals surface area contributed by atoms with Crippen molar-refractivity contribution in [3.05, 3.63) is 41.3 Å². The molecule has 1 aromatic heterocycles. The van der Waals surface area contributed by atoms with Crippen LogP contribution in [-0.2, 0) is 19.1 Å². The highest BCUT2D eigenvalue weighted by Gasteiger charge is 2.28. The van der Waals surface area contributed by atoms with Crippen LogP contribution in [0.3, 0.4) is 0 Å². The van der Waals surface area contributed by atoms with Crippen LogP contribution in [0.1, 0.15) is 12.5 Å². The average Bonchev–Trinajstić information content (AvgIpc) is 3.11. The Labute approximate surface area is 163 Å². The quantitative estimate of drug-likeness (QED) is 0.773. The fourth-order valence-electron chi connectivity index (χ4n) is 2.45. The molecule has 138 valence electrons. The smallest absolute Gasteiger partial charge is 0.326 e. The molecule has 2 amide bonds. The highest BCUT2D eigenvalue weighted by Crippen LogP contribution is 2.34. The number of ether oxygens (including phenoxy) is 1. The Balaban J connectivity index is 1.61. The number of fused-ring (bicyclic) bond motifs is 1. The lowest BCUT2D eigenvalue weighted by Gasteiger charge is -2.28. The number of hydrogen-bond donors (Lipinski definition) is 1. The van der Waals surface area contributed by atoms with E-state index in [1.807, 2.05) is 18.2 Å². The molecular weight excluding hydrogens is 386 g/mol. The molecule has 2 heterocycles. The van der Waals surface area contributed by atoms with Crippen molar-refractivity contribution in [2.75, 3.05) is 22.5 Å². The van der Waals surface area contributed by atoms with Crippen LogP contribution in [0.4, 0.5) is 10.7 Å². The summed E-state index contributed by atoms with van der Waals surface area (Å²) < 4.78 is 5.17. The zero-order valence-corrected chi connectivity index (χ0v) is 15.9. The van der Waals surface area contributed by atoms with E-state index >= 15 is 0 Å². The molecule has 0 radical (unpaired) electrons. The minimum absolute atomic E-state index is 0.190. The molecular formula is C18H15N3O4S2. The number of thiophene rings is 1. The minimum atomic E-state index is -1.06. The Bertz CT molecular complexity index is 935. The van der Waals surface area contributed by atoms with Crippen LogP contribution in [-0.4, -0.2) is 36.2 Å². The van der Waals surface area contributed by atoms with Gasteiger partial charge in [-0.05, 0) is 30.5 Å². The van der Waals surface area contributed by atoms with Gasteiger partial charge >= 0.3 is 5.97 Å². The first-order valence-corrected chi connectivity index (χ1v) is 9.86. The van der Waals surface area contributed by atoms with Crippen molar-refractivity contribution in [1.82, 2.24) is 0 Å². The van der Waals surface area contributed by atoms with Crippen LogP contribution in [0.25, 0.3) is 0 Å². The second-order valence-corrected chi connectivity index (χ2v) is 7.57. The molecule has 1 aliphatic rings. The van der Waals surface area contributed by atoms with Crippen LogP contribution < -0.4 is 10.2 Å². The van der Waals surface area contributed by atoms with Gasteiger partial charge in [0.05, 0.1) is 17.0 Å². The zero-order chi connectivity index (χ0) is 19.4. The van der Waals surface area contributed by atoms with Gasteiger partial charge in [-0.15, -0.1) is 23.1 Å². The van der Waals surface area contributed by atoms with Crippen molar-refractivity contribution in [2.45, 2.75) is 17.9 Å². The number of thioether (sulfide) groups is 1. The molecule has 1 aromatic carbocycles. The number of esters is 1. The lowest BCUT2D eigenvalue weighted by Crippen LogP contribution is -2.41. The average molecular weight is 401 g/mol. The van der Waals surface area contributed by atoms with Crippen LogP contribution in [0, 0.1) is 11.3 Å². The fourth-order valence-corrected chi connectivity index (χ4v) is 4.13. The van der Waals surface area contributed by atoms with E-state index in [0.29, 0.717) is 16.3 Å². The van der Waals surface area contributed by atoms with Crippen LogP contribution in [0.5, 0.6) is 0 Å². The predicted octanol–water partition coefficient (Wildman–Crippen LogP) is 2.63. The molecule has 0 spiro atoms. The van der Waals surface area contributed by atoms with Gasteiger partial charge in [-0.3, -0.25) is 19.3 Å². The summed E-state index contributed by atoms with van der Waals surface area (Å²) >= 11 is 2.63. The molecule has 1 N–H and O–H groups in total. The first kappa shape index (κ1) is 18.9. The van der Waals surface area contributed by atoms with Gasteiger partial charge in [0, 0.05) is 4.90 Å². The van der Waals surface area contributed by atoms with E-state index in [0.717, 1.165) is 4.90 Å². The van der Waals surface area contributed by atoms with Crippen LogP contribution in [0.15, 0.2) is 40.6 Å². The van der Waals surface area contributed by atoms with Gasteiger partial charge in [0.1, 0.15) is 17.6 Å². The number of hydrogen-bond acceptors (Lipinski definition) is 7. The van der Waals surface area contributed by atoms with Gasteiger partial charge in [0.15, 0.2) is 6.10 Å². The highest BCUT2D eigenvalue weighted by atomic mass is 32.2. The number of benzene rings is 1. The maximum Gasteiger partial charge on any atom is 0.326 e. The summed E-state index contributed by atoms with van der Waals surface area (Å²) in [4.78, 5) is 38.9. The van der Waals surface area contributed by atoms with E-state index in [9.17, 15) is 14.4 Å². The van der Waals surface area contributed by atoms with Gasteiger partial charge in [-0.25, -0.2) is 0 Å². The van der Waals surface area contributed by atoms with Crippen molar-refractivity contribution in [1.29, 1.82) is 5.26 Å². The molecule has 1 aliphatic heterocycles. The molecule has 0 saturated carbocycles. The van der Waals surface area contributed by atoms with Gasteiger partial charge in [0.2, 0.25) is 5.91 Å². The third-order valence-corrected chi connectivity index (χ3v) is 5.67. The van der Waals surface area contributed by atoms with Gasteiger partial charge in [0.25, 0.3) is 5.91 Å². The molecule has 0 bridgehead atoms. The number of para-hydroxylation sites is 1. The largest absolute Gasteiger partial charge is 0.451 e. The Kier molecular flexibility index (Phi) is 5.78. The Morgan fingerprint density at radius 3 is 2.93 bits per heavy atom. The zero-order valence-electron chi connectivity index (χ0n) is 14.3. The van der Waals surface area contributed by atoms with Gasteiger partial charge in [-0.2, -0.15) is 5.26 Å². The molecule has 0 fully saturated rings. The molecule has 2 aromatic rings. The molecule has 1 atom stereocenters. The van der Waals surface area contributed by atoms with Crippen molar-refractivity contribution >= 4 is 51.6 Å². The van der Waals surface area contributed by atoms with E-state index in [4.69, 9.17) is 10.00 Å². The van der Waals surface area contributed by atoms with E-state index < -0.39 is 18.0 Å². The van der Waals surface area contributed by atoms with Crippen LogP contribution >= 0.6 is 23.1 Å². The third-order valence-electron chi connectivity index (χ3n) is 3.80. The first-order chi connectivity index (χ1) is 13.0. The highest BCUT2D eigenvalue weighted by molar-refractivity contribution is 8.00. The van der Waals surface area contributed by atoms with E-state index in [1.54, 1.807) is 23.6 Å². The van der Waals surface area contributed by atoms with Gasteiger partial charge < -0.3 is 10.1 Å². The standard InChI is InChI=1S/C18H15N3O4S2/c1-11(17(24)20-18-12(8-19)6-7-26-18)25-16(23)9-21-13-4-2-3-5-14(13)27-10-15(21)22/h2-7,11H,9-10H2,1H3,(H,20,24)/t11-/m0/s1. The number of anilines is 2. The number of nitriles is 1. The molecule has 7 nitrogen and oxygen atoms in total. The molecule has 9 heteroatoms. The first-order valence-electron chi connectivity index (χ1n) is 7.99. The number of amides is 2. The van der Waals surface area contributed by atoms with E-state index in [2.05, 4.69) is 5.32 Å². The lowest BCUT2D eigenvalue weighted by atomic mass is 10.2. The summed E-state index contributed by atoms with van der Waals surface area (Å²) in [6.45, 7) is 1.17. The summed E-state index contributed by atoms with van der Waals surface area (Å²) in [6.07, 6.45) is -1.06. The predicted molar refractivity (Wildman–Crippen MR) is 103 cm³/mol. The SMILES string of the molecule is C[C@H](OC(=O)CN1C(=O)CSc2ccccc21)C(=O)Nc1sccc1C#N. The van der Waals surface area contributed by atoms with Crippen molar-refractivity contribution in [2.24, 2.45) is 0 Å². The number of carbonyl (C=O) groups excluding carboxylic acids is 3. The van der Waals surface area contributed by atoms with Crippen molar-refractivity contribution < 1.29 is 19.1 Å². The fraction of sp³-hybridized carbons (Fsp3) is 0.222. The van der Waals surface area contributed by atoms with Crippen molar-refractivity contribution in [3.63, 3.8) is 0 Å². The number of rotatable bonds is 5. The molecule has 3 rings (SSSR count). The Hall–Kier alpha value is -2.83. The Morgan fingerprint density at radius 1 is 1.37 bits per heavy atom. The summed E-state index contributed by atoms with van der Waals surface area (Å²) in [5.74, 6) is -1.16. The van der Waals surface area contributed by atoms with Crippen LogP contribution in [0.2, 0.25) is 0 Å². The molecule has 0 saturated heterocycles. The summed E-state index contributed by atoms with van der Waals surface area (Å²) in [5.41, 5.74) is 1.00. The van der Waals surface area contributed by atoms with Gasteiger partial charge in [-0.1, -0.05) is 12.1 Å². The minimum Gasteiger partial charge on any atom is -0.451 e. The summed E-state index contributed by atoms with van der Waals surface area (Å²) in [7, 11) is 0. The maximum atomic E-state index is 12.3. The van der Waals surface area contributed by atoms with E-state index in [-0.39, 0.29) is 18.2 Å². The summed E-state index contributed by atoms with van der Waals surface area (Å²) in [6, 6.07) is 10.9. The number of carbonyl (C=O) groups is 3. The second kappa shape index (κ2) is 8.24. The Morgan fingerprint density at radius 2 is 2.15 bits per heavy atom. The number of nitrogens with one attached hydrogen (secondary N) is 1. The van der Waals surface area contributed by atoms with Crippen molar-refractivity contribution in [3.8, 4) is 6.07 Å². The number of nitrogens with zero attached hydrogens (tertiary/aromatic N) is 2. The maximum absolute atomic E-state index is 12.3. The molecule has 27 heavy (non-hydrogen) atoms. The molecule has 0 unspecified atom stereocenters.